The Balaban J connectivity index is 2.44. The number of aryl methyl sites for hydroxylation is 1. The van der Waals surface area contributed by atoms with E-state index < -0.39 is 0 Å². The third-order valence-electron chi connectivity index (χ3n) is 3.34. The highest BCUT2D eigenvalue weighted by molar-refractivity contribution is 5.96. The van der Waals surface area contributed by atoms with Crippen LogP contribution < -0.4 is 5.73 Å². The second kappa shape index (κ2) is 4.67. The predicted octanol–water partition coefficient (Wildman–Crippen LogP) is 3.66. The highest BCUT2D eigenvalue weighted by Crippen LogP contribution is 2.33. The fraction of sp³-hybridized carbons (Fsp3) is 0.0588. The van der Waals surface area contributed by atoms with Gasteiger partial charge >= 0.3 is 0 Å². The molecule has 0 spiro atoms. The van der Waals surface area contributed by atoms with Gasteiger partial charge in [0.05, 0.1) is 11.1 Å². The summed E-state index contributed by atoms with van der Waals surface area (Å²) in [5, 5.41) is 10.4. The maximum absolute atomic E-state index is 9.56. The Morgan fingerprint density at radius 3 is 2.55 bits per heavy atom. The predicted molar refractivity (Wildman–Crippen MR) is 81.0 cm³/mol. The third-order valence-corrected chi connectivity index (χ3v) is 3.34. The molecule has 0 saturated heterocycles. The molecule has 3 nitrogen and oxygen atoms in total. The van der Waals surface area contributed by atoms with Gasteiger partial charge in [-0.1, -0.05) is 42.0 Å². The summed E-state index contributed by atoms with van der Waals surface area (Å²) in [6.45, 7) is 2.00. The molecule has 0 aliphatic carbocycles. The Bertz CT molecular complexity index is 830. The number of rotatable bonds is 1. The molecule has 96 valence electrons. The molecular formula is C17H13N3. The molecule has 0 radical (unpaired) electrons. The number of hydrogen-bond donors (Lipinski definition) is 1. The zero-order valence-electron chi connectivity index (χ0n) is 11.1. The fourth-order valence-electron chi connectivity index (χ4n) is 2.41. The van der Waals surface area contributed by atoms with E-state index in [0.29, 0.717) is 16.9 Å². The van der Waals surface area contributed by atoms with Crippen molar-refractivity contribution in [2.75, 3.05) is 5.73 Å². The van der Waals surface area contributed by atoms with E-state index in [2.05, 4.69) is 11.1 Å². The van der Waals surface area contributed by atoms with Crippen LogP contribution in [0.3, 0.4) is 0 Å². The molecule has 0 atom stereocenters. The van der Waals surface area contributed by atoms with Gasteiger partial charge in [-0.15, -0.1) is 0 Å². The average Bonchev–Trinajstić information content (AvgIpc) is 2.47. The number of anilines is 1. The van der Waals surface area contributed by atoms with Crippen LogP contribution in [0.4, 0.5) is 5.82 Å². The number of fused-ring (bicyclic) bond motifs is 1. The molecule has 1 aromatic heterocycles. The number of nitriles is 1. The first kappa shape index (κ1) is 12.2. The van der Waals surface area contributed by atoms with E-state index in [4.69, 9.17) is 5.73 Å². The van der Waals surface area contributed by atoms with Crippen LogP contribution >= 0.6 is 0 Å². The number of nitrogens with two attached hydrogens (primary N) is 1. The second-order valence-corrected chi connectivity index (χ2v) is 4.75. The van der Waals surface area contributed by atoms with Crippen molar-refractivity contribution in [1.82, 2.24) is 4.98 Å². The van der Waals surface area contributed by atoms with E-state index in [1.807, 2.05) is 55.5 Å². The minimum atomic E-state index is 0.393. The van der Waals surface area contributed by atoms with Gasteiger partial charge in [0.2, 0.25) is 0 Å². The van der Waals surface area contributed by atoms with E-state index in [0.717, 1.165) is 22.0 Å². The van der Waals surface area contributed by atoms with Crippen LogP contribution in [-0.4, -0.2) is 4.98 Å². The maximum Gasteiger partial charge on any atom is 0.133 e. The normalized spacial score (nSPS) is 10.4. The lowest BCUT2D eigenvalue weighted by Crippen LogP contribution is -1.99. The van der Waals surface area contributed by atoms with Crippen LogP contribution in [0.15, 0.2) is 48.5 Å². The molecule has 0 saturated carbocycles. The maximum atomic E-state index is 9.56. The van der Waals surface area contributed by atoms with E-state index in [1.165, 1.54) is 0 Å². The molecule has 0 bridgehead atoms. The molecule has 0 amide bonds. The fourth-order valence-corrected chi connectivity index (χ4v) is 2.41. The summed E-state index contributed by atoms with van der Waals surface area (Å²) < 4.78 is 0. The number of hydrogen-bond acceptors (Lipinski definition) is 3. The molecule has 3 aromatic rings. The van der Waals surface area contributed by atoms with Crippen molar-refractivity contribution in [1.29, 1.82) is 5.26 Å². The largest absolute Gasteiger partial charge is 0.383 e. The topological polar surface area (TPSA) is 62.7 Å². The number of aromatic nitrogens is 1. The van der Waals surface area contributed by atoms with Gasteiger partial charge in [0.15, 0.2) is 0 Å². The van der Waals surface area contributed by atoms with Gasteiger partial charge in [0, 0.05) is 10.9 Å². The number of benzene rings is 2. The van der Waals surface area contributed by atoms with Gasteiger partial charge in [0.1, 0.15) is 11.9 Å². The Morgan fingerprint density at radius 1 is 1.10 bits per heavy atom. The average molecular weight is 259 g/mol. The molecule has 3 heteroatoms. The van der Waals surface area contributed by atoms with Gasteiger partial charge in [-0.25, -0.2) is 4.98 Å². The lowest BCUT2D eigenvalue weighted by Gasteiger charge is -2.11. The van der Waals surface area contributed by atoms with Crippen molar-refractivity contribution in [2.45, 2.75) is 6.92 Å². The van der Waals surface area contributed by atoms with Gasteiger partial charge in [-0.3, -0.25) is 0 Å². The Kier molecular flexibility index (Phi) is 2.85. The summed E-state index contributed by atoms with van der Waals surface area (Å²) in [4.78, 5) is 4.43. The molecule has 3 rings (SSSR count). The van der Waals surface area contributed by atoms with Gasteiger partial charge < -0.3 is 5.73 Å². The Hall–Kier alpha value is -2.86. The summed E-state index contributed by atoms with van der Waals surface area (Å²) in [6.07, 6.45) is 0. The summed E-state index contributed by atoms with van der Waals surface area (Å²) in [5.41, 5.74) is 10.1. The van der Waals surface area contributed by atoms with Crippen molar-refractivity contribution in [3.63, 3.8) is 0 Å². The Labute approximate surface area is 117 Å². The van der Waals surface area contributed by atoms with Gasteiger partial charge in [-0.05, 0) is 24.6 Å². The lowest BCUT2D eigenvalue weighted by atomic mass is 9.96. The summed E-state index contributed by atoms with van der Waals surface area (Å²) in [7, 11) is 0. The molecule has 20 heavy (non-hydrogen) atoms. The monoisotopic (exact) mass is 259 g/mol. The van der Waals surface area contributed by atoms with E-state index >= 15 is 0 Å². The first-order valence-electron chi connectivity index (χ1n) is 6.36. The highest BCUT2D eigenvalue weighted by Gasteiger charge is 2.14. The van der Waals surface area contributed by atoms with E-state index in [-0.39, 0.29) is 0 Å². The highest BCUT2D eigenvalue weighted by atomic mass is 14.8. The van der Waals surface area contributed by atoms with Crippen LogP contribution in [0, 0.1) is 18.3 Å². The Morgan fingerprint density at radius 2 is 1.85 bits per heavy atom. The smallest absolute Gasteiger partial charge is 0.133 e. The van der Waals surface area contributed by atoms with Crippen molar-refractivity contribution in [3.05, 3.63) is 59.7 Å². The van der Waals surface area contributed by atoms with Crippen LogP contribution in [0.25, 0.3) is 22.0 Å². The quantitative estimate of drug-likeness (QED) is 0.725. The third kappa shape index (κ3) is 1.88. The molecule has 0 aliphatic rings. The summed E-state index contributed by atoms with van der Waals surface area (Å²) >= 11 is 0. The molecule has 0 aliphatic heterocycles. The zero-order chi connectivity index (χ0) is 14.1. The molecule has 2 aromatic carbocycles. The first-order chi connectivity index (χ1) is 9.70. The number of nitrogen functional groups attached to an aromatic ring is 1. The zero-order valence-corrected chi connectivity index (χ0v) is 11.1. The van der Waals surface area contributed by atoms with Crippen LogP contribution in [0.1, 0.15) is 11.1 Å². The van der Waals surface area contributed by atoms with E-state index in [9.17, 15) is 5.26 Å². The standard InChI is InChI=1S/C17H13N3/c1-11-7-8-15-13(9-11)14(10-18)16(17(19)20-15)12-5-3-2-4-6-12/h2-9H,1H3,(H2,19,20). The molecule has 1 heterocycles. The minimum Gasteiger partial charge on any atom is -0.383 e. The minimum absolute atomic E-state index is 0.393. The second-order valence-electron chi connectivity index (χ2n) is 4.75. The first-order valence-corrected chi connectivity index (χ1v) is 6.36. The van der Waals surface area contributed by atoms with Gasteiger partial charge in [0.25, 0.3) is 0 Å². The van der Waals surface area contributed by atoms with Gasteiger partial charge in [-0.2, -0.15) is 5.26 Å². The van der Waals surface area contributed by atoms with Crippen molar-refractivity contribution in [3.8, 4) is 17.2 Å². The number of pyridine rings is 1. The molecule has 0 fully saturated rings. The summed E-state index contributed by atoms with van der Waals surface area (Å²) in [6, 6.07) is 17.8. The number of nitrogens with zero attached hydrogens (tertiary/aromatic N) is 2. The molecule has 0 unspecified atom stereocenters. The summed E-state index contributed by atoms with van der Waals surface area (Å²) in [5.74, 6) is 0.393. The van der Waals surface area contributed by atoms with Crippen LogP contribution in [0.2, 0.25) is 0 Å². The molecule has 2 N–H and O–H groups in total. The van der Waals surface area contributed by atoms with Crippen molar-refractivity contribution >= 4 is 16.7 Å². The van der Waals surface area contributed by atoms with Crippen molar-refractivity contribution in [2.24, 2.45) is 0 Å². The lowest BCUT2D eigenvalue weighted by molar-refractivity contribution is 1.37. The van der Waals surface area contributed by atoms with E-state index in [1.54, 1.807) is 0 Å². The molecular weight excluding hydrogens is 246 g/mol. The SMILES string of the molecule is Cc1ccc2nc(N)c(-c3ccccc3)c(C#N)c2c1. The van der Waals surface area contributed by atoms with Crippen LogP contribution in [0.5, 0.6) is 0 Å². The van der Waals surface area contributed by atoms with Crippen molar-refractivity contribution < 1.29 is 0 Å². The van der Waals surface area contributed by atoms with Crippen LogP contribution in [-0.2, 0) is 0 Å².